The maximum Gasteiger partial charge on any atom is 0.410 e. The van der Waals surface area contributed by atoms with Gasteiger partial charge in [-0.2, -0.15) is 5.10 Å². The van der Waals surface area contributed by atoms with Crippen molar-refractivity contribution in [3.05, 3.63) is 47.2 Å². The third kappa shape index (κ3) is 4.82. The molecule has 1 aromatic carbocycles. The Hall–Kier alpha value is -3.03. The molecular weight excluding hydrogens is 358 g/mol. The Kier molecular flexibility index (Phi) is 5.58. The van der Waals surface area contributed by atoms with Crippen LogP contribution in [0.4, 0.5) is 15.4 Å². The second-order valence-corrected chi connectivity index (χ2v) is 7.84. The number of benzene rings is 1. The summed E-state index contributed by atoms with van der Waals surface area (Å²) in [5, 5.41) is 10.2. The van der Waals surface area contributed by atoms with E-state index >= 15 is 0 Å². The lowest BCUT2D eigenvalue weighted by Gasteiger charge is -2.29. The number of fused-ring (bicyclic) bond motifs is 1. The van der Waals surface area contributed by atoms with Gasteiger partial charge in [0.15, 0.2) is 0 Å². The first-order valence-electron chi connectivity index (χ1n) is 9.34. The second kappa shape index (κ2) is 7.92. The van der Waals surface area contributed by atoms with E-state index in [2.05, 4.69) is 15.7 Å². The largest absolute Gasteiger partial charge is 0.444 e. The van der Waals surface area contributed by atoms with Gasteiger partial charge in [-0.15, -0.1) is 0 Å². The fraction of sp³-hybridized carbons (Fsp3) is 0.450. The number of nitrogens with one attached hydrogen (secondary N) is 2. The zero-order valence-corrected chi connectivity index (χ0v) is 16.8. The Balaban J connectivity index is 1.66. The summed E-state index contributed by atoms with van der Waals surface area (Å²) < 4.78 is 7.11. The van der Waals surface area contributed by atoms with E-state index in [0.29, 0.717) is 31.9 Å². The summed E-state index contributed by atoms with van der Waals surface area (Å²) in [6.07, 6.45) is 0.261. The number of aryl methyl sites for hydroxylation is 1. The molecule has 8 nitrogen and oxygen atoms in total. The maximum absolute atomic E-state index is 12.4. The van der Waals surface area contributed by atoms with Crippen molar-refractivity contribution < 1.29 is 14.3 Å². The van der Waals surface area contributed by atoms with Crippen LogP contribution in [0.15, 0.2) is 30.3 Å². The van der Waals surface area contributed by atoms with E-state index in [1.807, 2.05) is 51.1 Å². The maximum atomic E-state index is 12.4. The molecule has 1 aliphatic rings. The van der Waals surface area contributed by atoms with Gasteiger partial charge in [-0.05, 0) is 26.3 Å². The summed E-state index contributed by atoms with van der Waals surface area (Å²) >= 11 is 0. The van der Waals surface area contributed by atoms with Gasteiger partial charge in [0.1, 0.15) is 11.4 Å². The predicted molar refractivity (Wildman–Crippen MR) is 106 cm³/mol. The molecule has 3 rings (SSSR count). The average molecular weight is 385 g/mol. The van der Waals surface area contributed by atoms with E-state index in [1.54, 1.807) is 16.6 Å². The third-order valence-corrected chi connectivity index (χ3v) is 4.38. The minimum Gasteiger partial charge on any atom is -0.444 e. The van der Waals surface area contributed by atoms with E-state index in [-0.39, 0.29) is 12.1 Å². The molecule has 1 aliphatic heterocycles. The molecule has 0 fully saturated rings. The normalized spacial score (nSPS) is 13.6. The van der Waals surface area contributed by atoms with Crippen LogP contribution in [0.5, 0.6) is 0 Å². The van der Waals surface area contributed by atoms with Crippen molar-refractivity contribution in [2.75, 3.05) is 11.9 Å². The van der Waals surface area contributed by atoms with E-state index < -0.39 is 5.60 Å². The number of urea groups is 1. The van der Waals surface area contributed by atoms with Gasteiger partial charge in [-0.25, -0.2) is 9.59 Å². The molecule has 0 saturated carbocycles. The Morgan fingerprint density at radius 2 is 1.93 bits per heavy atom. The predicted octanol–water partition coefficient (Wildman–Crippen LogP) is 3.04. The van der Waals surface area contributed by atoms with Crippen molar-refractivity contribution in [1.29, 1.82) is 0 Å². The average Bonchev–Trinajstić information content (AvgIpc) is 2.94. The molecule has 0 radical (unpaired) electrons. The van der Waals surface area contributed by atoms with Gasteiger partial charge in [0, 0.05) is 32.1 Å². The number of hydrogen-bond acceptors (Lipinski definition) is 4. The second-order valence-electron chi connectivity index (χ2n) is 7.84. The zero-order valence-electron chi connectivity index (χ0n) is 16.8. The molecule has 0 saturated heterocycles. The van der Waals surface area contributed by atoms with Crippen molar-refractivity contribution in [3.63, 3.8) is 0 Å². The van der Waals surface area contributed by atoms with Crippen LogP contribution in [0.2, 0.25) is 0 Å². The van der Waals surface area contributed by atoms with E-state index in [9.17, 15) is 9.59 Å². The SMILES string of the molecule is Cn1nc2c(c1NC(=O)NCc1ccccc1)CN(C(=O)OC(C)(C)C)CC2. The summed E-state index contributed by atoms with van der Waals surface area (Å²) in [7, 11) is 1.78. The van der Waals surface area contributed by atoms with Crippen LogP contribution >= 0.6 is 0 Å². The van der Waals surface area contributed by atoms with Crippen LogP contribution in [0.25, 0.3) is 0 Å². The van der Waals surface area contributed by atoms with Crippen molar-refractivity contribution in [1.82, 2.24) is 20.0 Å². The first-order valence-corrected chi connectivity index (χ1v) is 9.34. The van der Waals surface area contributed by atoms with Gasteiger partial charge in [0.05, 0.1) is 12.2 Å². The quantitative estimate of drug-likeness (QED) is 0.850. The van der Waals surface area contributed by atoms with Crippen molar-refractivity contribution in [2.45, 2.75) is 45.9 Å². The lowest BCUT2D eigenvalue weighted by molar-refractivity contribution is 0.0224. The topological polar surface area (TPSA) is 88.5 Å². The van der Waals surface area contributed by atoms with Gasteiger partial charge in [0.2, 0.25) is 0 Å². The number of anilines is 1. The van der Waals surface area contributed by atoms with Gasteiger partial charge in [0.25, 0.3) is 0 Å². The summed E-state index contributed by atoms with van der Waals surface area (Å²) in [6.45, 7) is 6.85. The van der Waals surface area contributed by atoms with Gasteiger partial charge < -0.3 is 15.0 Å². The molecular formula is C20H27N5O3. The first kappa shape index (κ1) is 19.7. The molecule has 150 valence electrons. The highest BCUT2D eigenvalue weighted by molar-refractivity contribution is 5.89. The molecule has 3 amide bonds. The molecule has 2 N–H and O–H groups in total. The summed E-state index contributed by atoms with van der Waals surface area (Å²) in [5.74, 6) is 0.592. The number of aromatic nitrogens is 2. The molecule has 0 unspecified atom stereocenters. The molecule has 2 aromatic rings. The number of carbonyl (C=O) groups excluding carboxylic acids is 2. The Bertz CT molecular complexity index is 855. The number of nitrogens with zero attached hydrogens (tertiary/aromatic N) is 3. The number of rotatable bonds is 3. The standard InChI is InChI=1S/C20H27N5O3/c1-20(2,3)28-19(27)25-11-10-16-15(13-25)17(24(4)23-16)22-18(26)21-12-14-8-6-5-7-9-14/h5-9H,10-13H2,1-4H3,(H2,21,22,26). The number of amides is 3. The monoisotopic (exact) mass is 385 g/mol. The van der Waals surface area contributed by atoms with Crippen LogP contribution in [0.1, 0.15) is 37.6 Å². The van der Waals surface area contributed by atoms with E-state index in [4.69, 9.17) is 4.74 Å². The van der Waals surface area contributed by atoms with Crippen LogP contribution < -0.4 is 10.6 Å². The highest BCUT2D eigenvalue weighted by Crippen LogP contribution is 2.26. The minimum atomic E-state index is -0.551. The van der Waals surface area contributed by atoms with Gasteiger partial charge in [-0.3, -0.25) is 10.00 Å². The van der Waals surface area contributed by atoms with Crippen LogP contribution in [0.3, 0.4) is 0 Å². The fourth-order valence-corrected chi connectivity index (χ4v) is 3.07. The molecule has 0 bridgehead atoms. The molecule has 8 heteroatoms. The lowest BCUT2D eigenvalue weighted by atomic mass is 10.1. The zero-order chi connectivity index (χ0) is 20.3. The van der Waals surface area contributed by atoms with Crippen LogP contribution in [-0.4, -0.2) is 39.0 Å². The van der Waals surface area contributed by atoms with Crippen LogP contribution in [-0.2, 0) is 31.3 Å². The number of carbonyl (C=O) groups is 2. The van der Waals surface area contributed by atoms with Crippen LogP contribution in [0, 0.1) is 0 Å². The van der Waals surface area contributed by atoms with Crippen molar-refractivity contribution in [3.8, 4) is 0 Å². The van der Waals surface area contributed by atoms with Crippen molar-refractivity contribution in [2.24, 2.45) is 7.05 Å². The Morgan fingerprint density at radius 3 is 2.61 bits per heavy atom. The van der Waals surface area contributed by atoms with Gasteiger partial charge in [-0.1, -0.05) is 30.3 Å². The minimum absolute atomic E-state index is 0.316. The van der Waals surface area contributed by atoms with E-state index in [0.717, 1.165) is 16.8 Å². The molecule has 28 heavy (non-hydrogen) atoms. The lowest BCUT2D eigenvalue weighted by Crippen LogP contribution is -2.40. The summed E-state index contributed by atoms with van der Waals surface area (Å²) in [6, 6.07) is 9.37. The summed E-state index contributed by atoms with van der Waals surface area (Å²) in [4.78, 5) is 26.4. The van der Waals surface area contributed by atoms with E-state index in [1.165, 1.54) is 0 Å². The fourth-order valence-electron chi connectivity index (χ4n) is 3.07. The molecule has 0 atom stereocenters. The van der Waals surface area contributed by atoms with Crippen molar-refractivity contribution >= 4 is 17.9 Å². The number of ether oxygens (including phenoxy) is 1. The summed E-state index contributed by atoms with van der Waals surface area (Å²) in [5.41, 5.74) is 2.20. The first-order chi connectivity index (χ1) is 13.2. The highest BCUT2D eigenvalue weighted by Gasteiger charge is 2.30. The molecule has 0 aliphatic carbocycles. The molecule has 0 spiro atoms. The molecule has 1 aromatic heterocycles. The highest BCUT2D eigenvalue weighted by atomic mass is 16.6. The molecule has 2 heterocycles. The number of hydrogen-bond donors (Lipinski definition) is 2. The smallest absolute Gasteiger partial charge is 0.410 e. The van der Waals surface area contributed by atoms with Gasteiger partial charge >= 0.3 is 12.1 Å². The Morgan fingerprint density at radius 1 is 1.21 bits per heavy atom. The Labute approximate surface area is 164 Å². The third-order valence-electron chi connectivity index (χ3n) is 4.38.